The van der Waals surface area contributed by atoms with Gasteiger partial charge < -0.3 is 5.32 Å². The lowest BCUT2D eigenvalue weighted by atomic mass is 9.84. The SMILES string of the molecule is CC1CCCCC1N1CCC2CCC(C1)N2. The molecule has 1 aliphatic carbocycles. The number of nitrogens with one attached hydrogen (secondary N) is 1. The maximum Gasteiger partial charge on any atom is 0.0198 e. The van der Waals surface area contributed by atoms with E-state index in [1.807, 2.05) is 0 Å². The molecule has 92 valence electrons. The molecular formula is C14H26N2. The first-order valence-corrected chi connectivity index (χ1v) is 7.33. The minimum atomic E-state index is 0.807. The van der Waals surface area contributed by atoms with Crippen LogP contribution >= 0.6 is 0 Å². The Balaban J connectivity index is 1.65. The van der Waals surface area contributed by atoms with Crippen molar-refractivity contribution in [1.29, 1.82) is 0 Å². The van der Waals surface area contributed by atoms with E-state index in [1.165, 1.54) is 58.0 Å². The van der Waals surface area contributed by atoms with Crippen LogP contribution in [0, 0.1) is 5.92 Å². The van der Waals surface area contributed by atoms with Crippen molar-refractivity contribution in [3.8, 4) is 0 Å². The molecule has 4 atom stereocenters. The summed E-state index contributed by atoms with van der Waals surface area (Å²) in [5.41, 5.74) is 0. The van der Waals surface area contributed by atoms with Gasteiger partial charge in [0.2, 0.25) is 0 Å². The molecule has 0 aromatic rings. The molecule has 2 bridgehead atoms. The fraction of sp³-hybridized carbons (Fsp3) is 1.00. The van der Waals surface area contributed by atoms with Crippen molar-refractivity contribution in [2.24, 2.45) is 5.92 Å². The number of fused-ring (bicyclic) bond motifs is 2. The number of rotatable bonds is 1. The van der Waals surface area contributed by atoms with E-state index >= 15 is 0 Å². The van der Waals surface area contributed by atoms with E-state index in [0.717, 1.165) is 24.0 Å². The van der Waals surface area contributed by atoms with Crippen molar-refractivity contribution in [1.82, 2.24) is 10.2 Å². The van der Waals surface area contributed by atoms with E-state index < -0.39 is 0 Å². The van der Waals surface area contributed by atoms with Gasteiger partial charge in [-0.1, -0.05) is 19.8 Å². The summed E-state index contributed by atoms with van der Waals surface area (Å²) in [5, 5.41) is 3.80. The largest absolute Gasteiger partial charge is 0.310 e. The molecule has 4 unspecified atom stereocenters. The van der Waals surface area contributed by atoms with Crippen molar-refractivity contribution in [2.45, 2.75) is 70.0 Å². The molecule has 2 nitrogen and oxygen atoms in total. The molecule has 2 saturated heterocycles. The van der Waals surface area contributed by atoms with Crippen LogP contribution in [0.4, 0.5) is 0 Å². The molecule has 3 aliphatic rings. The van der Waals surface area contributed by atoms with E-state index in [4.69, 9.17) is 0 Å². The molecule has 3 fully saturated rings. The van der Waals surface area contributed by atoms with Crippen LogP contribution in [0.1, 0.15) is 51.9 Å². The van der Waals surface area contributed by atoms with Gasteiger partial charge >= 0.3 is 0 Å². The lowest BCUT2D eigenvalue weighted by Crippen LogP contribution is -2.45. The lowest BCUT2D eigenvalue weighted by molar-refractivity contribution is 0.107. The third-order valence-corrected chi connectivity index (χ3v) is 5.09. The second-order valence-electron chi connectivity index (χ2n) is 6.25. The molecule has 0 amide bonds. The quantitative estimate of drug-likeness (QED) is 0.733. The van der Waals surface area contributed by atoms with E-state index in [-0.39, 0.29) is 0 Å². The lowest BCUT2D eigenvalue weighted by Gasteiger charge is -2.39. The van der Waals surface area contributed by atoms with Gasteiger partial charge in [-0.15, -0.1) is 0 Å². The molecule has 0 radical (unpaired) electrons. The van der Waals surface area contributed by atoms with E-state index in [2.05, 4.69) is 17.1 Å². The topological polar surface area (TPSA) is 15.3 Å². The zero-order valence-electron chi connectivity index (χ0n) is 10.6. The summed E-state index contributed by atoms with van der Waals surface area (Å²) < 4.78 is 0. The molecular weight excluding hydrogens is 196 g/mol. The van der Waals surface area contributed by atoms with Crippen molar-refractivity contribution < 1.29 is 0 Å². The first-order chi connectivity index (χ1) is 7.83. The van der Waals surface area contributed by atoms with Crippen LogP contribution in [0.2, 0.25) is 0 Å². The molecule has 2 heterocycles. The Hall–Kier alpha value is -0.0800. The highest BCUT2D eigenvalue weighted by molar-refractivity contribution is 4.93. The minimum absolute atomic E-state index is 0.807. The van der Waals surface area contributed by atoms with Crippen LogP contribution in [0.5, 0.6) is 0 Å². The smallest absolute Gasteiger partial charge is 0.0198 e. The van der Waals surface area contributed by atoms with Crippen molar-refractivity contribution >= 4 is 0 Å². The zero-order chi connectivity index (χ0) is 11.0. The number of hydrogen-bond donors (Lipinski definition) is 1. The van der Waals surface area contributed by atoms with E-state index in [0.29, 0.717) is 0 Å². The second kappa shape index (κ2) is 4.66. The summed E-state index contributed by atoms with van der Waals surface area (Å²) >= 11 is 0. The number of nitrogens with zero attached hydrogens (tertiary/aromatic N) is 1. The van der Waals surface area contributed by atoms with E-state index in [1.54, 1.807) is 0 Å². The Kier molecular flexibility index (Phi) is 3.21. The second-order valence-corrected chi connectivity index (χ2v) is 6.25. The Bertz CT molecular complexity index is 241. The van der Waals surface area contributed by atoms with Gasteiger partial charge in [0.05, 0.1) is 0 Å². The molecule has 1 saturated carbocycles. The maximum atomic E-state index is 3.80. The van der Waals surface area contributed by atoms with Crippen LogP contribution in [-0.2, 0) is 0 Å². The summed E-state index contributed by atoms with van der Waals surface area (Å²) in [6.45, 7) is 5.15. The van der Waals surface area contributed by atoms with Crippen molar-refractivity contribution in [3.05, 3.63) is 0 Å². The average molecular weight is 222 g/mol. The predicted octanol–water partition coefficient (Wildman–Crippen LogP) is 2.39. The molecule has 0 spiro atoms. The third-order valence-electron chi connectivity index (χ3n) is 5.09. The van der Waals surface area contributed by atoms with Crippen LogP contribution in [0.3, 0.4) is 0 Å². The normalized spacial score (nSPS) is 45.6. The zero-order valence-corrected chi connectivity index (χ0v) is 10.6. The van der Waals surface area contributed by atoms with Gasteiger partial charge in [-0.25, -0.2) is 0 Å². The van der Waals surface area contributed by atoms with Crippen LogP contribution in [0.15, 0.2) is 0 Å². The molecule has 1 N–H and O–H groups in total. The van der Waals surface area contributed by atoms with Gasteiger partial charge in [0, 0.05) is 24.7 Å². The molecule has 2 heteroatoms. The van der Waals surface area contributed by atoms with Gasteiger partial charge in [0.1, 0.15) is 0 Å². The number of likely N-dealkylation sites (tertiary alicyclic amines) is 1. The Morgan fingerprint density at radius 2 is 1.75 bits per heavy atom. The molecule has 0 aromatic carbocycles. The first-order valence-electron chi connectivity index (χ1n) is 7.33. The Labute approximate surface area is 99.8 Å². The van der Waals surface area contributed by atoms with Gasteiger partial charge in [-0.3, -0.25) is 4.90 Å². The third kappa shape index (κ3) is 2.14. The molecule has 3 rings (SSSR count). The fourth-order valence-corrected chi connectivity index (χ4v) is 4.11. The Morgan fingerprint density at radius 1 is 0.938 bits per heavy atom. The van der Waals surface area contributed by atoms with Crippen LogP contribution < -0.4 is 5.32 Å². The van der Waals surface area contributed by atoms with Gasteiger partial charge in [-0.2, -0.15) is 0 Å². The number of hydrogen-bond acceptors (Lipinski definition) is 2. The standard InChI is InChI=1S/C14H26N2/c1-11-4-2-3-5-14(11)16-9-8-12-6-7-13(10-16)15-12/h11-15H,2-10H2,1H3. The summed E-state index contributed by atoms with van der Waals surface area (Å²) in [5.74, 6) is 0.936. The summed E-state index contributed by atoms with van der Waals surface area (Å²) in [6.07, 6.45) is 10.1. The minimum Gasteiger partial charge on any atom is -0.310 e. The highest BCUT2D eigenvalue weighted by Crippen LogP contribution is 2.31. The fourth-order valence-electron chi connectivity index (χ4n) is 4.11. The maximum absolute atomic E-state index is 3.80. The van der Waals surface area contributed by atoms with Crippen molar-refractivity contribution in [3.63, 3.8) is 0 Å². The summed E-state index contributed by atoms with van der Waals surface area (Å²) in [6, 6.07) is 2.55. The van der Waals surface area contributed by atoms with Crippen LogP contribution in [0.25, 0.3) is 0 Å². The monoisotopic (exact) mass is 222 g/mol. The molecule has 2 aliphatic heterocycles. The van der Waals surface area contributed by atoms with Gasteiger partial charge in [-0.05, 0) is 44.6 Å². The molecule has 0 aromatic heterocycles. The summed E-state index contributed by atoms with van der Waals surface area (Å²) in [4.78, 5) is 2.82. The average Bonchev–Trinajstić information content (AvgIpc) is 2.60. The highest BCUT2D eigenvalue weighted by Gasteiger charge is 2.34. The summed E-state index contributed by atoms with van der Waals surface area (Å²) in [7, 11) is 0. The van der Waals surface area contributed by atoms with Crippen molar-refractivity contribution in [2.75, 3.05) is 13.1 Å². The van der Waals surface area contributed by atoms with Gasteiger partial charge in [0.25, 0.3) is 0 Å². The predicted molar refractivity (Wildman–Crippen MR) is 67.6 cm³/mol. The Morgan fingerprint density at radius 3 is 2.62 bits per heavy atom. The van der Waals surface area contributed by atoms with E-state index in [9.17, 15) is 0 Å². The molecule has 16 heavy (non-hydrogen) atoms. The van der Waals surface area contributed by atoms with Crippen LogP contribution in [-0.4, -0.2) is 36.1 Å². The highest BCUT2D eigenvalue weighted by atomic mass is 15.2. The first kappa shape index (κ1) is 11.0. The van der Waals surface area contributed by atoms with Gasteiger partial charge in [0.15, 0.2) is 0 Å².